The lowest BCUT2D eigenvalue weighted by molar-refractivity contribution is 1.15. The molecule has 0 aliphatic heterocycles. The maximum Gasteiger partial charge on any atom is 0.0804 e. The van der Waals surface area contributed by atoms with Gasteiger partial charge in [-0.15, -0.1) is 22.7 Å². The molecule has 5 heterocycles. The Morgan fingerprint density at radius 3 is 1.33 bits per heavy atom. The summed E-state index contributed by atoms with van der Waals surface area (Å²) in [7, 11) is 0. The number of hydrogen-bond acceptors (Lipinski definition) is 2. The van der Waals surface area contributed by atoms with Gasteiger partial charge in [0, 0.05) is 52.5 Å². The van der Waals surface area contributed by atoms with Crippen LogP contribution in [0.3, 0.4) is 0 Å². The van der Waals surface area contributed by atoms with E-state index in [-0.39, 0.29) is 0 Å². The van der Waals surface area contributed by atoms with Crippen molar-refractivity contribution >= 4 is 113 Å². The number of hydrogen-bond donors (Lipinski definition) is 0. The van der Waals surface area contributed by atoms with E-state index in [1.165, 1.54) is 74.8 Å². The molecule has 0 saturated heterocycles. The lowest BCUT2D eigenvalue weighted by Gasteiger charge is -2.12. The summed E-state index contributed by atoms with van der Waals surface area (Å²) in [6.45, 7) is 0. The van der Waals surface area contributed by atoms with Crippen LogP contribution in [0.25, 0.3) is 91.9 Å². The Balaban J connectivity index is 1.25. The normalized spacial score (nSPS) is 12.3. The molecule has 3 nitrogen and oxygen atoms in total. The van der Waals surface area contributed by atoms with E-state index in [0.717, 1.165) is 21.5 Å². The third-order valence-corrected chi connectivity index (χ3v) is 12.1. The molecule has 5 aromatic heterocycles. The largest absolute Gasteiger partial charge is 0.309 e. The molecule has 0 fully saturated rings. The molecule has 0 radical (unpaired) electrons. The van der Waals surface area contributed by atoms with E-state index in [1.54, 1.807) is 22.7 Å². The first-order valence-corrected chi connectivity index (χ1v) is 18.5. The van der Waals surface area contributed by atoms with Crippen molar-refractivity contribution < 1.29 is 0 Å². The van der Waals surface area contributed by atoms with Gasteiger partial charge >= 0.3 is 0 Å². The van der Waals surface area contributed by atoms with Gasteiger partial charge in [-0.05, 0) is 119 Å². The highest BCUT2D eigenvalue weighted by Crippen LogP contribution is 2.44. The summed E-state index contributed by atoms with van der Waals surface area (Å²) in [6, 6.07) is 49.3. The van der Waals surface area contributed by atoms with Crippen molar-refractivity contribution in [2.45, 2.75) is 0 Å². The number of rotatable bonds is 3. The van der Waals surface area contributed by atoms with Crippen LogP contribution in [0, 0.1) is 0 Å². The number of nitrogens with zero attached hydrogens (tertiary/aromatic N) is 3. The number of benzene rings is 6. The standard InChI is InChI=1S/C42H24BrN3S2/c43-27-9-11-29(12-10-27)45-37-21-25-17-19-47-39(25)23-33(37)42-41(45)34-24-40-26(18-20-48-40)22-38(34)46(42)30-15-13-28(14-16-30)44-35-7-3-1-5-31(35)32-6-2-4-8-36(32)44/h1-24H. The van der Waals surface area contributed by atoms with Crippen molar-refractivity contribution in [3.63, 3.8) is 0 Å². The van der Waals surface area contributed by atoms with Gasteiger partial charge in [-0.1, -0.05) is 52.3 Å². The van der Waals surface area contributed by atoms with Gasteiger partial charge in [0.05, 0.1) is 33.1 Å². The summed E-state index contributed by atoms with van der Waals surface area (Å²) >= 11 is 7.28. The molecule has 0 N–H and O–H groups in total. The van der Waals surface area contributed by atoms with Crippen LogP contribution in [0.5, 0.6) is 0 Å². The van der Waals surface area contributed by atoms with Gasteiger partial charge in [0.25, 0.3) is 0 Å². The summed E-state index contributed by atoms with van der Waals surface area (Å²) in [6.07, 6.45) is 0. The molecule has 0 aliphatic carbocycles. The Labute approximate surface area is 291 Å². The number of halogens is 1. The predicted molar refractivity (Wildman–Crippen MR) is 210 cm³/mol. The van der Waals surface area contributed by atoms with Crippen molar-refractivity contribution in [3.05, 3.63) is 149 Å². The first-order valence-electron chi connectivity index (χ1n) is 15.9. The Hall–Kier alpha value is -5.14. The summed E-state index contributed by atoms with van der Waals surface area (Å²) < 4.78 is 11.0. The molecular formula is C42H24BrN3S2. The third kappa shape index (κ3) is 3.68. The first kappa shape index (κ1) is 26.9. The van der Waals surface area contributed by atoms with Crippen LogP contribution in [-0.4, -0.2) is 13.7 Å². The minimum atomic E-state index is 1.07. The lowest BCUT2D eigenvalue weighted by atomic mass is 10.2. The summed E-state index contributed by atoms with van der Waals surface area (Å²) in [5.41, 5.74) is 10.8. The smallest absolute Gasteiger partial charge is 0.0804 e. The monoisotopic (exact) mass is 713 g/mol. The Kier molecular flexibility index (Phi) is 5.56. The van der Waals surface area contributed by atoms with E-state index >= 15 is 0 Å². The SMILES string of the molecule is Brc1ccc(-n2c3cc4ccsc4cc3c3c2c2cc4sccc4cc2n3-c2ccc(-n3c4ccccc4c4ccccc43)cc2)cc1. The van der Waals surface area contributed by atoms with E-state index in [1.807, 2.05) is 0 Å². The Bertz CT molecular complexity index is 2990. The van der Waals surface area contributed by atoms with Crippen molar-refractivity contribution in [3.8, 4) is 17.1 Å². The first-order chi connectivity index (χ1) is 23.7. The van der Waals surface area contributed by atoms with Crippen molar-refractivity contribution in [1.29, 1.82) is 0 Å². The zero-order valence-electron chi connectivity index (χ0n) is 25.4. The fraction of sp³-hybridized carbons (Fsp3) is 0. The van der Waals surface area contributed by atoms with Gasteiger partial charge in [-0.3, -0.25) is 0 Å². The maximum atomic E-state index is 3.67. The fourth-order valence-electron chi connectivity index (χ4n) is 7.77. The third-order valence-electron chi connectivity index (χ3n) is 9.84. The highest BCUT2D eigenvalue weighted by molar-refractivity contribution is 9.10. The van der Waals surface area contributed by atoms with Crippen LogP contribution < -0.4 is 0 Å². The van der Waals surface area contributed by atoms with Crippen LogP contribution >= 0.6 is 38.6 Å². The van der Waals surface area contributed by atoms with Crippen LogP contribution in [0.1, 0.15) is 0 Å². The highest BCUT2D eigenvalue weighted by atomic mass is 79.9. The van der Waals surface area contributed by atoms with Gasteiger partial charge in [-0.25, -0.2) is 0 Å². The molecule has 0 aliphatic rings. The summed E-state index contributed by atoms with van der Waals surface area (Å²) in [5, 5.41) is 12.0. The maximum absolute atomic E-state index is 3.67. The van der Waals surface area contributed by atoms with E-state index in [2.05, 4.69) is 174 Å². The molecule has 6 heteroatoms. The zero-order chi connectivity index (χ0) is 31.5. The van der Waals surface area contributed by atoms with Crippen LogP contribution in [0.4, 0.5) is 0 Å². The summed E-state index contributed by atoms with van der Waals surface area (Å²) in [4.78, 5) is 0. The van der Waals surface area contributed by atoms with E-state index < -0.39 is 0 Å². The predicted octanol–water partition coefficient (Wildman–Crippen LogP) is 13.0. The molecule has 0 saturated carbocycles. The second-order valence-electron chi connectivity index (χ2n) is 12.4. The van der Waals surface area contributed by atoms with Crippen LogP contribution in [-0.2, 0) is 0 Å². The average molecular weight is 715 g/mol. The molecule has 0 spiro atoms. The van der Waals surface area contributed by atoms with Gasteiger partial charge in [-0.2, -0.15) is 0 Å². The fourth-order valence-corrected chi connectivity index (χ4v) is 9.66. The van der Waals surface area contributed by atoms with Gasteiger partial charge in [0.1, 0.15) is 0 Å². The number of fused-ring (bicyclic) bond motifs is 10. The topological polar surface area (TPSA) is 14.8 Å². The molecule has 48 heavy (non-hydrogen) atoms. The molecule has 0 atom stereocenters. The Morgan fingerprint density at radius 1 is 0.396 bits per heavy atom. The zero-order valence-corrected chi connectivity index (χ0v) is 28.6. The molecular weight excluding hydrogens is 691 g/mol. The second kappa shape index (κ2) is 9.94. The lowest BCUT2D eigenvalue weighted by Crippen LogP contribution is -1.97. The average Bonchev–Trinajstić information content (AvgIpc) is 3.95. The van der Waals surface area contributed by atoms with Gasteiger partial charge in [0.15, 0.2) is 0 Å². The van der Waals surface area contributed by atoms with Gasteiger partial charge in [0.2, 0.25) is 0 Å². The van der Waals surface area contributed by atoms with E-state index in [4.69, 9.17) is 0 Å². The van der Waals surface area contributed by atoms with Crippen molar-refractivity contribution in [2.24, 2.45) is 0 Å². The molecule has 0 unspecified atom stereocenters. The minimum Gasteiger partial charge on any atom is -0.309 e. The van der Waals surface area contributed by atoms with Gasteiger partial charge < -0.3 is 13.7 Å². The second-order valence-corrected chi connectivity index (χ2v) is 15.2. The number of thiophene rings is 2. The molecule has 6 aromatic carbocycles. The highest BCUT2D eigenvalue weighted by Gasteiger charge is 2.24. The molecule has 0 bridgehead atoms. The van der Waals surface area contributed by atoms with Crippen molar-refractivity contribution in [1.82, 2.24) is 13.7 Å². The number of para-hydroxylation sites is 2. The minimum absolute atomic E-state index is 1.07. The van der Waals surface area contributed by atoms with E-state index in [0.29, 0.717) is 0 Å². The molecule has 226 valence electrons. The van der Waals surface area contributed by atoms with Crippen LogP contribution in [0.15, 0.2) is 149 Å². The molecule has 11 aromatic rings. The van der Waals surface area contributed by atoms with Crippen LogP contribution in [0.2, 0.25) is 0 Å². The van der Waals surface area contributed by atoms with Crippen molar-refractivity contribution in [2.75, 3.05) is 0 Å². The van der Waals surface area contributed by atoms with E-state index in [9.17, 15) is 0 Å². The molecule has 11 rings (SSSR count). The summed E-state index contributed by atoms with van der Waals surface area (Å²) in [5.74, 6) is 0. The quantitative estimate of drug-likeness (QED) is 0.173. The molecule has 0 amide bonds. The Morgan fingerprint density at radius 2 is 0.833 bits per heavy atom. The number of aromatic nitrogens is 3.